The topological polar surface area (TPSA) is 49.4 Å². The zero-order chi connectivity index (χ0) is 18.9. The predicted octanol–water partition coefficient (Wildman–Crippen LogP) is 3.99. The van der Waals surface area contributed by atoms with Gasteiger partial charge in [0.15, 0.2) is 0 Å². The molecule has 1 N–H and O–H groups in total. The SMILES string of the molecule is CNC(=O)[C@H](C)N(Cc1cccc(Cl)c1)C(=O)CCSc1ccccc1. The third-order valence-corrected chi connectivity index (χ3v) is 5.23. The quantitative estimate of drug-likeness (QED) is 0.693. The highest BCUT2D eigenvalue weighted by Gasteiger charge is 2.25. The zero-order valence-electron chi connectivity index (χ0n) is 14.9. The lowest BCUT2D eigenvalue weighted by Gasteiger charge is -2.28. The number of nitrogens with one attached hydrogen (secondary N) is 1. The van der Waals surface area contributed by atoms with E-state index in [1.807, 2.05) is 48.5 Å². The standard InChI is InChI=1S/C20H23ClN2O2S/c1-15(20(25)22-2)23(14-16-7-6-8-17(21)13-16)19(24)11-12-26-18-9-4-3-5-10-18/h3-10,13,15H,11-12,14H2,1-2H3,(H,22,25)/t15-/m0/s1. The van der Waals surface area contributed by atoms with Crippen LogP contribution in [0.1, 0.15) is 18.9 Å². The molecule has 0 aliphatic heterocycles. The molecule has 4 nitrogen and oxygen atoms in total. The minimum absolute atomic E-state index is 0.0514. The maximum Gasteiger partial charge on any atom is 0.242 e. The van der Waals surface area contributed by atoms with Gasteiger partial charge < -0.3 is 10.2 Å². The van der Waals surface area contributed by atoms with E-state index in [9.17, 15) is 9.59 Å². The Morgan fingerprint density at radius 3 is 2.54 bits per heavy atom. The molecule has 0 radical (unpaired) electrons. The van der Waals surface area contributed by atoms with Crippen molar-refractivity contribution in [2.75, 3.05) is 12.8 Å². The molecule has 1 atom stereocenters. The number of hydrogen-bond donors (Lipinski definition) is 1. The lowest BCUT2D eigenvalue weighted by molar-refractivity contribution is -0.140. The van der Waals surface area contributed by atoms with Crippen LogP contribution in [0.4, 0.5) is 0 Å². The number of benzene rings is 2. The fraction of sp³-hybridized carbons (Fsp3) is 0.300. The molecule has 2 rings (SSSR count). The van der Waals surface area contributed by atoms with E-state index in [0.29, 0.717) is 23.7 Å². The summed E-state index contributed by atoms with van der Waals surface area (Å²) in [5, 5.41) is 3.23. The van der Waals surface area contributed by atoms with Crippen LogP contribution in [0, 0.1) is 0 Å². The minimum atomic E-state index is -0.548. The lowest BCUT2D eigenvalue weighted by atomic mass is 10.1. The molecule has 0 aliphatic rings. The fourth-order valence-electron chi connectivity index (χ4n) is 2.54. The van der Waals surface area contributed by atoms with E-state index in [1.54, 1.807) is 36.7 Å². The van der Waals surface area contributed by atoms with Gasteiger partial charge >= 0.3 is 0 Å². The Balaban J connectivity index is 2.04. The first kappa shape index (κ1) is 20.3. The van der Waals surface area contributed by atoms with Crippen LogP contribution >= 0.6 is 23.4 Å². The van der Waals surface area contributed by atoms with Gasteiger partial charge in [-0.1, -0.05) is 41.9 Å². The van der Waals surface area contributed by atoms with Crippen LogP contribution in [0.3, 0.4) is 0 Å². The molecule has 2 amide bonds. The van der Waals surface area contributed by atoms with E-state index < -0.39 is 6.04 Å². The normalized spacial score (nSPS) is 11.7. The summed E-state index contributed by atoms with van der Waals surface area (Å²) in [6.07, 6.45) is 0.363. The van der Waals surface area contributed by atoms with Gasteiger partial charge in [-0.3, -0.25) is 9.59 Å². The van der Waals surface area contributed by atoms with Crippen molar-refractivity contribution in [3.05, 3.63) is 65.2 Å². The molecule has 2 aromatic carbocycles. The van der Waals surface area contributed by atoms with Crippen LogP contribution in [-0.2, 0) is 16.1 Å². The van der Waals surface area contributed by atoms with Crippen molar-refractivity contribution in [3.8, 4) is 0 Å². The van der Waals surface area contributed by atoms with Gasteiger partial charge in [0.25, 0.3) is 0 Å². The second-order valence-electron chi connectivity index (χ2n) is 5.85. The van der Waals surface area contributed by atoms with Crippen molar-refractivity contribution in [2.45, 2.75) is 30.8 Å². The second-order valence-corrected chi connectivity index (χ2v) is 7.46. The maximum atomic E-state index is 12.8. The molecule has 0 bridgehead atoms. The Kier molecular flexibility index (Phi) is 8.01. The van der Waals surface area contributed by atoms with Gasteiger partial charge in [0.05, 0.1) is 0 Å². The third-order valence-electron chi connectivity index (χ3n) is 3.98. The third kappa shape index (κ3) is 6.07. The summed E-state index contributed by atoms with van der Waals surface area (Å²) in [5.41, 5.74) is 0.900. The number of hydrogen-bond acceptors (Lipinski definition) is 3. The van der Waals surface area contributed by atoms with E-state index in [1.165, 1.54) is 0 Å². The first-order chi connectivity index (χ1) is 12.5. The summed E-state index contributed by atoms with van der Waals surface area (Å²) in [5.74, 6) is 0.427. The fourth-order valence-corrected chi connectivity index (χ4v) is 3.61. The van der Waals surface area contributed by atoms with Gasteiger partial charge in [0.2, 0.25) is 11.8 Å². The van der Waals surface area contributed by atoms with Gasteiger partial charge in [-0.25, -0.2) is 0 Å². The van der Waals surface area contributed by atoms with Crippen molar-refractivity contribution in [2.24, 2.45) is 0 Å². The molecule has 26 heavy (non-hydrogen) atoms. The molecule has 0 fully saturated rings. The highest BCUT2D eigenvalue weighted by Crippen LogP contribution is 2.20. The molecular weight excluding hydrogens is 368 g/mol. The van der Waals surface area contributed by atoms with Crippen LogP contribution in [0.5, 0.6) is 0 Å². The first-order valence-electron chi connectivity index (χ1n) is 8.44. The summed E-state index contributed by atoms with van der Waals surface area (Å²) >= 11 is 7.67. The molecule has 2 aromatic rings. The van der Waals surface area contributed by atoms with Crippen LogP contribution in [-0.4, -0.2) is 35.6 Å². The van der Waals surface area contributed by atoms with Crippen LogP contribution in [0.25, 0.3) is 0 Å². The van der Waals surface area contributed by atoms with Crippen LogP contribution in [0.15, 0.2) is 59.5 Å². The van der Waals surface area contributed by atoms with E-state index in [-0.39, 0.29) is 11.8 Å². The molecule has 0 aromatic heterocycles. The van der Waals surface area contributed by atoms with Gasteiger partial charge in [0.1, 0.15) is 6.04 Å². The highest BCUT2D eigenvalue weighted by atomic mass is 35.5. The summed E-state index contributed by atoms with van der Waals surface area (Å²) in [6, 6.07) is 16.8. The Labute approximate surface area is 163 Å². The molecule has 0 saturated heterocycles. The van der Waals surface area contributed by atoms with Crippen molar-refractivity contribution in [3.63, 3.8) is 0 Å². The van der Waals surface area contributed by atoms with E-state index in [0.717, 1.165) is 10.5 Å². The molecule has 6 heteroatoms. The summed E-state index contributed by atoms with van der Waals surface area (Å²) in [4.78, 5) is 27.6. The highest BCUT2D eigenvalue weighted by molar-refractivity contribution is 7.99. The first-order valence-corrected chi connectivity index (χ1v) is 9.81. The van der Waals surface area contributed by atoms with Crippen LogP contribution < -0.4 is 5.32 Å². The molecule has 0 spiro atoms. The lowest BCUT2D eigenvalue weighted by Crippen LogP contribution is -2.46. The molecular formula is C20H23ClN2O2S. The van der Waals surface area contributed by atoms with Gasteiger partial charge in [-0.15, -0.1) is 11.8 Å². The van der Waals surface area contributed by atoms with Crippen LogP contribution in [0.2, 0.25) is 5.02 Å². The minimum Gasteiger partial charge on any atom is -0.357 e. The number of carbonyl (C=O) groups is 2. The Bertz CT molecular complexity index is 740. The van der Waals surface area contributed by atoms with Crippen molar-refractivity contribution in [1.29, 1.82) is 0 Å². The number of halogens is 1. The average Bonchev–Trinajstić information content (AvgIpc) is 2.65. The molecule has 0 aliphatic carbocycles. The maximum absolute atomic E-state index is 12.8. The van der Waals surface area contributed by atoms with Gasteiger partial charge in [-0.2, -0.15) is 0 Å². The Morgan fingerprint density at radius 2 is 1.88 bits per heavy atom. The smallest absolute Gasteiger partial charge is 0.242 e. The van der Waals surface area contributed by atoms with Gasteiger partial charge in [-0.05, 0) is 36.8 Å². The number of rotatable bonds is 8. The summed E-state index contributed by atoms with van der Waals surface area (Å²) in [7, 11) is 1.58. The molecule has 0 unspecified atom stereocenters. The largest absolute Gasteiger partial charge is 0.357 e. The summed E-state index contributed by atoms with van der Waals surface area (Å²) in [6.45, 7) is 2.09. The van der Waals surface area contributed by atoms with Crippen molar-refractivity contribution in [1.82, 2.24) is 10.2 Å². The number of thioether (sulfide) groups is 1. The van der Waals surface area contributed by atoms with Crippen molar-refractivity contribution >= 4 is 35.2 Å². The second kappa shape index (κ2) is 10.2. The zero-order valence-corrected chi connectivity index (χ0v) is 16.5. The van der Waals surface area contributed by atoms with E-state index >= 15 is 0 Å². The molecule has 138 valence electrons. The predicted molar refractivity (Wildman–Crippen MR) is 107 cm³/mol. The summed E-state index contributed by atoms with van der Waals surface area (Å²) < 4.78 is 0. The number of nitrogens with zero attached hydrogens (tertiary/aromatic N) is 1. The van der Waals surface area contributed by atoms with E-state index in [4.69, 9.17) is 11.6 Å². The molecule has 0 saturated carbocycles. The Hall–Kier alpha value is -1.98. The molecule has 0 heterocycles. The van der Waals surface area contributed by atoms with E-state index in [2.05, 4.69) is 5.32 Å². The van der Waals surface area contributed by atoms with Gasteiger partial charge in [0, 0.05) is 35.7 Å². The number of carbonyl (C=O) groups excluding carboxylic acids is 2. The number of likely N-dealkylation sites (N-methyl/N-ethyl adjacent to an activating group) is 1. The number of amides is 2. The van der Waals surface area contributed by atoms with Crippen molar-refractivity contribution < 1.29 is 9.59 Å². The Morgan fingerprint density at radius 1 is 1.15 bits per heavy atom. The monoisotopic (exact) mass is 390 g/mol. The average molecular weight is 391 g/mol.